The van der Waals surface area contributed by atoms with Crippen molar-refractivity contribution >= 4 is 29.6 Å². The number of carbonyl (C=O) groups is 1. The van der Waals surface area contributed by atoms with E-state index in [0.717, 1.165) is 11.8 Å². The first-order chi connectivity index (χ1) is 7.79. The zero-order chi connectivity index (χ0) is 11.4. The molecule has 0 aliphatic carbocycles. The molecule has 0 radical (unpaired) electrons. The first-order valence-corrected chi connectivity index (χ1v) is 5.82. The summed E-state index contributed by atoms with van der Waals surface area (Å²) in [6, 6.07) is 7.14. The maximum atomic E-state index is 10.2. The molecule has 0 saturated carbocycles. The molecule has 6 heteroatoms. The van der Waals surface area contributed by atoms with E-state index >= 15 is 0 Å². The minimum atomic E-state index is 0.303. The summed E-state index contributed by atoms with van der Waals surface area (Å²) < 4.78 is 5.35. The van der Waals surface area contributed by atoms with E-state index in [2.05, 4.69) is 10.2 Å². The van der Waals surface area contributed by atoms with Crippen molar-refractivity contribution in [1.82, 2.24) is 10.2 Å². The second-order valence-corrected chi connectivity index (χ2v) is 4.27. The molecule has 2 rings (SSSR count). The van der Waals surface area contributed by atoms with E-state index in [9.17, 15) is 4.79 Å². The number of rotatable bonds is 4. The topological polar surface area (TPSA) is 56.0 Å². The minimum absolute atomic E-state index is 0.303. The van der Waals surface area contributed by atoms with Gasteiger partial charge in [0.15, 0.2) is 0 Å². The lowest BCUT2D eigenvalue weighted by molar-refractivity contribution is -0.105. The average Bonchev–Trinajstić information content (AvgIpc) is 2.75. The maximum absolute atomic E-state index is 10.2. The summed E-state index contributed by atoms with van der Waals surface area (Å²) in [5, 5.41) is 8.66. The lowest BCUT2D eigenvalue weighted by Gasteiger charge is -1.94. The van der Waals surface area contributed by atoms with Crippen LogP contribution >= 0.6 is 23.4 Å². The smallest absolute Gasteiger partial charge is 0.277 e. The Morgan fingerprint density at radius 3 is 3.06 bits per heavy atom. The molecule has 16 heavy (non-hydrogen) atoms. The van der Waals surface area contributed by atoms with E-state index in [1.807, 2.05) is 6.07 Å². The summed E-state index contributed by atoms with van der Waals surface area (Å²) in [7, 11) is 0. The fraction of sp³-hybridized carbons (Fsp3) is 0.100. The van der Waals surface area contributed by atoms with Gasteiger partial charge in [0.1, 0.15) is 6.29 Å². The predicted molar refractivity (Wildman–Crippen MR) is 61.5 cm³/mol. The lowest BCUT2D eigenvalue weighted by Crippen LogP contribution is -1.78. The maximum Gasteiger partial charge on any atom is 0.277 e. The summed E-state index contributed by atoms with van der Waals surface area (Å²) in [6.45, 7) is 0. The third-order valence-corrected chi connectivity index (χ3v) is 2.70. The minimum Gasteiger partial charge on any atom is -0.411 e. The molecule has 0 bridgehead atoms. The van der Waals surface area contributed by atoms with E-state index < -0.39 is 0 Å². The molecule has 0 unspecified atom stereocenters. The van der Waals surface area contributed by atoms with Crippen LogP contribution in [-0.4, -0.2) is 22.2 Å². The van der Waals surface area contributed by atoms with Gasteiger partial charge in [0.2, 0.25) is 5.89 Å². The summed E-state index contributed by atoms with van der Waals surface area (Å²) in [5.74, 6) is 0.702. The van der Waals surface area contributed by atoms with Crippen LogP contribution < -0.4 is 0 Å². The Bertz CT molecular complexity index is 501. The predicted octanol–water partition coefficient (Wildman–Crippen LogP) is 2.68. The third-order valence-electron chi connectivity index (χ3n) is 1.75. The largest absolute Gasteiger partial charge is 0.411 e. The molecule has 0 saturated heterocycles. The van der Waals surface area contributed by atoms with Crippen LogP contribution in [0.3, 0.4) is 0 Å². The van der Waals surface area contributed by atoms with E-state index in [1.165, 1.54) is 11.8 Å². The van der Waals surface area contributed by atoms with Gasteiger partial charge < -0.3 is 9.21 Å². The van der Waals surface area contributed by atoms with Crippen molar-refractivity contribution in [3.05, 3.63) is 29.3 Å². The molecule has 0 N–H and O–H groups in total. The molecule has 1 aromatic heterocycles. The van der Waals surface area contributed by atoms with Crippen LogP contribution in [0.5, 0.6) is 0 Å². The van der Waals surface area contributed by atoms with Crippen LogP contribution in [0.4, 0.5) is 0 Å². The lowest BCUT2D eigenvalue weighted by atomic mass is 10.2. The van der Waals surface area contributed by atoms with E-state index in [0.29, 0.717) is 21.9 Å². The normalized spacial score (nSPS) is 10.3. The van der Waals surface area contributed by atoms with Crippen LogP contribution in [0.1, 0.15) is 0 Å². The number of halogens is 1. The van der Waals surface area contributed by atoms with Crippen molar-refractivity contribution in [2.24, 2.45) is 0 Å². The Morgan fingerprint density at radius 1 is 1.44 bits per heavy atom. The van der Waals surface area contributed by atoms with E-state index in [4.69, 9.17) is 16.0 Å². The van der Waals surface area contributed by atoms with Crippen LogP contribution in [0.2, 0.25) is 5.02 Å². The van der Waals surface area contributed by atoms with E-state index in [-0.39, 0.29) is 0 Å². The fourth-order valence-corrected chi connectivity index (χ4v) is 1.75. The van der Waals surface area contributed by atoms with Gasteiger partial charge in [-0.2, -0.15) is 0 Å². The van der Waals surface area contributed by atoms with Crippen molar-refractivity contribution in [3.8, 4) is 11.5 Å². The second kappa shape index (κ2) is 5.14. The second-order valence-electron chi connectivity index (χ2n) is 2.86. The Balaban J connectivity index is 2.21. The third kappa shape index (κ3) is 2.62. The van der Waals surface area contributed by atoms with Crippen LogP contribution in [-0.2, 0) is 4.79 Å². The van der Waals surface area contributed by atoms with Gasteiger partial charge in [0.25, 0.3) is 5.22 Å². The van der Waals surface area contributed by atoms with Gasteiger partial charge in [-0.05, 0) is 18.2 Å². The molecule has 0 spiro atoms. The van der Waals surface area contributed by atoms with Crippen molar-refractivity contribution in [3.63, 3.8) is 0 Å². The van der Waals surface area contributed by atoms with Crippen molar-refractivity contribution in [2.75, 3.05) is 5.75 Å². The summed E-state index contributed by atoms with van der Waals surface area (Å²) in [5.41, 5.74) is 0.762. The van der Waals surface area contributed by atoms with Gasteiger partial charge in [-0.25, -0.2) is 0 Å². The van der Waals surface area contributed by atoms with Crippen LogP contribution in [0, 0.1) is 0 Å². The number of hydrogen-bond donors (Lipinski definition) is 0. The molecule has 0 atom stereocenters. The highest BCUT2D eigenvalue weighted by atomic mass is 35.5. The highest BCUT2D eigenvalue weighted by Gasteiger charge is 2.08. The van der Waals surface area contributed by atoms with Gasteiger partial charge >= 0.3 is 0 Å². The summed E-state index contributed by atoms with van der Waals surface area (Å²) >= 11 is 7.04. The Hall–Kier alpha value is -1.33. The number of thioether (sulfide) groups is 1. The number of benzene rings is 1. The van der Waals surface area contributed by atoms with Crippen LogP contribution in [0.25, 0.3) is 11.5 Å². The van der Waals surface area contributed by atoms with Crippen molar-refractivity contribution < 1.29 is 9.21 Å². The molecule has 0 amide bonds. The van der Waals surface area contributed by atoms with E-state index in [1.54, 1.807) is 18.2 Å². The molecule has 1 heterocycles. The summed E-state index contributed by atoms with van der Waals surface area (Å²) in [4.78, 5) is 10.2. The SMILES string of the molecule is O=CCSc1nnc(-c2cccc(Cl)c2)o1. The first kappa shape index (κ1) is 11.2. The van der Waals surface area contributed by atoms with Gasteiger partial charge in [-0.1, -0.05) is 29.4 Å². The quantitative estimate of drug-likeness (QED) is 0.620. The standard InChI is InChI=1S/C10H7ClN2O2S/c11-8-3-1-2-7(6-8)9-12-13-10(15-9)16-5-4-14/h1-4,6H,5H2. The molecule has 0 aliphatic rings. The van der Waals surface area contributed by atoms with Crippen LogP contribution in [0.15, 0.2) is 33.9 Å². The number of aldehydes is 1. The monoisotopic (exact) mass is 254 g/mol. The van der Waals surface area contributed by atoms with Crippen molar-refractivity contribution in [1.29, 1.82) is 0 Å². The molecule has 2 aromatic rings. The Morgan fingerprint density at radius 2 is 2.31 bits per heavy atom. The van der Waals surface area contributed by atoms with Gasteiger partial charge in [0.05, 0.1) is 5.75 Å². The number of nitrogens with zero attached hydrogens (tertiary/aromatic N) is 2. The number of aromatic nitrogens is 2. The fourth-order valence-electron chi connectivity index (χ4n) is 1.11. The molecular weight excluding hydrogens is 248 g/mol. The Kier molecular flexibility index (Phi) is 3.58. The molecule has 0 fully saturated rings. The zero-order valence-electron chi connectivity index (χ0n) is 8.09. The molecule has 82 valence electrons. The van der Waals surface area contributed by atoms with Gasteiger partial charge in [-0.3, -0.25) is 0 Å². The highest BCUT2D eigenvalue weighted by molar-refractivity contribution is 7.99. The zero-order valence-corrected chi connectivity index (χ0v) is 9.66. The molecular formula is C10H7ClN2O2S. The number of hydrogen-bond acceptors (Lipinski definition) is 5. The Labute approximate surface area is 101 Å². The highest BCUT2D eigenvalue weighted by Crippen LogP contribution is 2.24. The van der Waals surface area contributed by atoms with Crippen molar-refractivity contribution in [2.45, 2.75) is 5.22 Å². The van der Waals surface area contributed by atoms with Gasteiger partial charge in [-0.15, -0.1) is 10.2 Å². The first-order valence-electron chi connectivity index (χ1n) is 4.45. The summed E-state index contributed by atoms with van der Waals surface area (Å²) in [6.07, 6.45) is 0.786. The number of carbonyl (C=O) groups excluding carboxylic acids is 1. The van der Waals surface area contributed by atoms with Gasteiger partial charge in [0, 0.05) is 10.6 Å². The molecule has 1 aromatic carbocycles. The average molecular weight is 255 g/mol. The molecule has 4 nitrogen and oxygen atoms in total. The molecule has 0 aliphatic heterocycles.